The third-order valence-electron chi connectivity index (χ3n) is 1.98. The first-order valence-electron chi connectivity index (χ1n) is 4.56. The summed E-state index contributed by atoms with van der Waals surface area (Å²) < 4.78 is 0. The average molecular weight is 210 g/mol. The fourth-order valence-corrected chi connectivity index (χ4v) is 1.76. The molecule has 0 amide bonds. The lowest BCUT2D eigenvalue weighted by molar-refractivity contribution is 0.278. The number of rotatable bonds is 7. The maximum absolute atomic E-state index is 5.74. The van der Waals surface area contributed by atoms with Gasteiger partial charge in [0, 0.05) is 11.9 Å². The summed E-state index contributed by atoms with van der Waals surface area (Å²) in [6, 6.07) is 0.512. The van der Waals surface area contributed by atoms with Crippen molar-refractivity contribution in [3.05, 3.63) is 0 Å². The monoisotopic (exact) mass is 209 g/mol. The Morgan fingerprint density at radius 2 is 2.17 bits per heavy atom. The molecule has 0 N–H and O–H groups in total. The van der Waals surface area contributed by atoms with E-state index >= 15 is 0 Å². The van der Waals surface area contributed by atoms with Crippen LogP contribution in [-0.4, -0.2) is 41.9 Å². The van der Waals surface area contributed by atoms with E-state index in [1.807, 2.05) is 11.8 Å². The highest BCUT2D eigenvalue weighted by molar-refractivity contribution is 7.99. The zero-order valence-corrected chi connectivity index (χ0v) is 9.92. The van der Waals surface area contributed by atoms with Gasteiger partial charge in [0.05, 0.1) is 0 Å². The van der Waals surface area contributed by atoms with Gasteiger partial charge in [-0.1, -0.05) is 6.92 Å². The van der Waals surface area contributed by atoms with Gasteiger partial charge in [0.25, 0.3) is 0 Å². The topological polar surface area (TPSA) is 3.24 Å². The Morgan fingerprint density at radius 1 is 1.50 bits per heavy atom. The van der Waals surface area contributed by atoms with Crippen LogP contribution in [-0.2, 0) is 0 Å². The van der Waals surface area contributed by atoms with E-state index in [4.69, 9.17) is 11.6 Å². The van der Waals surface area contributed by atoms with Crippen LogP contribution in [0.4, 0.5) is 0 Å². The average Bonchev–Trinajstić information content (AvgIpc) is 2.10. The van der Waals surface area contributed by atoms with Crippen LogP contribution in [0.25, 0.3) is 0 Å². The van der Waals surface area contributed by atoms with Gasteiger partial charge in [-0.25, -0.2) is 0 Å². The molecule has 0 heterocycles. The van der Waals surface area contributed by atoms with Crippen LogP contribution in [0.3, 0.4) is 0 Å². The highest BCUT2D eigenvalue weighted by Crippen LogP contribution is 2.04. The molecule has 0 aromatic carbocycles. The lowest BCUT2D eigenvalue weighted by Crippen LogP contribution is -2.31. The van der Waals surface area contributed by atoms with Gasteiger partial charge in [0.2, 0.25) is 0 Å². The second-order valence-electron chi connectivity index (χ2n) is 3.03. The zero-order valence-electron chi connectivity index (χ0n) is 8.35. The summed E-state index contributed by atoms with van der Waals surface area (Å²) >= 11 is 7.75. The molecule has 12 heavy (non-hydrogen) atoms. The van der Waals surface area contributed by atoms with E-state index in [-0.39, 0.29) is 0 Å². The minimum absolute atomic E-state index is 0.512. The molecule has 0 bridgehead atoms. The van der Waals surface area contributed by atoms with Crippen LogP contribution >= 0.6 is 23.4 Å². The third-order valence-corrected chi connectivity index (χ3v) is 3.41. The van der Waals surface area contributed by atoms with Crippen LogP contribution in [0, 0.1) is 0 Å². The van der Waals surface area contributed by atoms with E-state index in [0.717, 1.165) is 5.88 Å². The Labute approximate surface area is 85.8 Å². The molecular formula is C9H20ClNS. The van der Waals surface area contributed by atoms with E-state index in [9.17, 15) is 0 Å². The molecule has 0 aliphatic heterocycles. The second kappa shape index (κ2) is 8.21. The molecule has 1 nitrogen and oxygen atoms in total. The van der Waals surface area contributed by atoms with Crippen LogP contribution in [0.15, 0.2) is 0 Å². The van der Waals surface area contributed by atoms with Crippen LogP contribution in [0.1, 0.15) is 20.3 Å². The minimum atomic E-state index is 0.512. The first-order chi connectivity index (χ1) is 5.72. The van der Waals surface area contributed by atoms with E-state index < -0.39 is 0 Å². The number of halogens is 1. The molecule has 3 heteroatoms. The lowest BCUT2D eigenvalue weighted by Gasteiger charge is -2.22. The molecule has 0 aromatic heterocycles. The normalized spacial score (nSPS) is 13.8. The van der Waals surface area contributed by atoms with Crippen molar-refractivity contribution in [1.29, 1.82) is 0 Å². The van der Waals surface area contributed by atoms with Gasteiger partial charge in [-0.3, -0.25) is 0 Å². The predicted molar refractivity (Wildman–Crippen MR) is 60.4 cm³/mol. The highest BCUT2D eigenvalue weighted by atomic mass is 35.5. The Balaban J connectivity index is 3.24. The van der Waals surface area contributed by atoms with Gasteiger partial charge in [-0.05, 0) is 38.4 Å². The third kappa shape index (κ3) is 6.15. The molecule has 0 aliphatic rings. The Morgan fingerprint density at radius 3 is 2.67 bits per heavy atom. The van der Waals surface area contributed by atoms with Crippen molar-refractivity contribution in [3.8, 4) is 0 Å². The van der Waals surface area contributed by atoms with Crippen LogP contribution < -0.4 is 0 Å². The van der Waals surface area contributed by atoms with Gasteiger partial charge >= 0.3 is 0 Å². The van der Waals surface area contributed by atoms with Gasteiger partial charge in [0.15, 0.2) is 0 Å². The lowest BCUT2D eigenvalue weighted by atomic mass is 10.3. The summed E-state index contributed by atoms with van der Waals surface area (Å²) in [5.74, 6) is 3.24. The van der Waals surface area contributed by atoms with E-state index in [1.54, 1.807) is 0 Å². The van der Waals surface area contributed by atoms with Gasteiger partial charge in [0.1, 0.15) is 0 Å². The van der Waals surface area contributed by atoms with Gasteiger partial charge in [-0.15, -0.1) is 11.6 Å². The first kappa shape index (κ1) is 12.6. The Bertz CT molecular complexity index is 101. The maximum Gasteiger partial charge on any atom is 0.0376 e. The molecule has 0 aliphatic carbocycles. The fraction of sp³-hybridized carbons (Fsp3) is 1.00. The predicted octanol–water partition coefficient (Wildman–Crippen LogP) is 2.69. The molecule has 0 spiro atoms. The minimum Gasteiger partial charge on any atom is -0.302 e. The smallest absolute Gasteiger partial charge is 0.0376 e. The van der Waals surface area contributed by atoms with Crippen molar-refractivity contribution in [2.45, 2.75) is 26.3 Å². The van der Waals surface area contributed by atoms with Crippen LogP contribution in [0.5, 0.6) is 0 Å². The Hall–Kier alpha value is 0.600. The first-order valence-corrected chi connectivity index (χ1v) is 6.25. The molecule has 0 saturated heterocycles. The van der Waals surface area contributed by atoms with Crippen molar-refractivity contribution >= 4 is 23.4 Å². The highest BCUT2D eigenvalue weighted by Gasteiger charge is 2.05. The molecule has 0 fully saturated rings. The summed E-state index contributed by atoms with van der Waals surface area (Å²) in [4.78, 5) is 2.32. The fourth-order valence-electron chi connectivity index (χ4n) is 0.899. The molecule has 0 aromatic rings. The number of hydrogen-bond acceptors (Lipinski definition) is 2. The maximum atomic E-state index is 5.74. The van der Waals surface area contributed by atoms with Crippen molar-refractivity contribution < 1.29 is 0 Å². The number of nitrogens with zero attached hydrogens (tertiary/aromatic N) is 1. The number of hydrogen-bond donors (Lipinski definition) is 0. The number of thioether (sulfide) groups is 1. The quantitative estimate of drug-likeness (QED) is 0.469. The second-order valence-corrected chi connectivity index (χ2v) is 4.74. The largest absolute Gasteiger partial charge is 0.302 e. The van der Waals surface area contributed by atoms with Gasteiger partial charge < -0.3 is 4.90 Å². The summed E-state index contributed by atoms with van der Waals surface area (Å²) in [6.45, 7) is 5.54. The van der Waals surface area contributed by atoms with Crippen LogP contribution in [0.2, 0.25) is 0 Å². The van der Waals surface area contributed by atoms with E-state index in [1.165, 1.54) is 24.5 Å². The van der Waals surface area contributed by atoms with Gasteiger partial charge in [-0.2, -0.15) is 11.8 Å². The van der Waals surface area contributed by atoms with E-state index in [0.29, 0.717) is 6.04 Å². The Kier molecular flexibility index (Phi) is 8.62. The zero-order chi connectivity index (χ0) is 9.40. The summed E-state index contributed by atoms with van der Waals surface area (Å²) in [7, 11) is 2.14. The molecule has 74 valence electrons. The summed E-state index contributed by atoms with van der Waals surface area (Å²) in [6.07, 6.45) is 1.27. The van der Waals surface area contributed by atoms with Crippen molar-refractivity contribution in [2.24, 2.45) is 0 Å². The molecular weight excluding hydrogens is 190 g/mol. The summed E-state index contributed by atoms with van der Waals surface area (Å²) in [5, 5.41) is 0. The molecule has 0 rings (SSSR count). The van der Waals surface area contributed by atoms with Crippen molar-refractivity contribution in [2.75, 3.05) is 31.0 Å². The number of alkyl halides is 1. The molecule has 1 atom stereocenters. The summed E-state index contributed by atoms with van der Waals surface area (Å²) in [5.41, 5.74) is 0. The van der Waals surface area contributed by atoms with Crippen molar-refractivity contribution in [3.63, 3.8) is 0 Å². The molecule has 0 radical (unpaired) electrons. The standard InChI is InChI=1S/C9H20ClNS/c1-4-12-7-5-6-11(3)9(2)8-10/h9H,4-8H2,1-3H3. The van der Waals surface area contributed by atoms with E-state index in [2.05, 4.69) is 25.8 Å². The molecule has 0 saturated carbocycles. The molecule has 1 unspecified atom stereocenters. The van der Waals surface area contributed by atoms with Crippen molar-refractivity contribution in [1.82, 2.24) is 4.90 Å². The SMILES string of the molecule is CCSCCCN(C)C(C)CCl.